The van der Waals surface area contributed by atoms with Gasteiger partial charge in [-0.25, -0.2) is 0 Å². The summed E-state index contributed by atoms with van der Waals surface area (Å²) in [7, 11) is 3.75. The Bertz CT molecular complexity index is 434. The number of carbonyl (C=O) groups is 1. The van der Waals surface area contributed by atoms with Crippen LogP contribution in [0.15, 0.2) is 18.2 Å². The van der Waals surface area contributed by atoms with E-state index in [1.54, 1.807) is 11.8 Å². The predicted molar refractivity (Wildman–Crippen MR) is 85.3 cm³/mol. The fourth-order valence-electron chi connectivity index (χ4n) is 2.10. The highest BCUT2D eigenvalue weighted by atomic mass is 32.2. The van der Waals surface area contributed by atoms with Crippen LogP contribution in [0, 0.1) is 6.92 Å². The molecule has 0 spiro atoms. The van der Waals surface area contributed by atoms with Crippen molar-refractivity contribution in [1.29, 1.82) is 0 Å². The number of nitrogens with zero attached hydrogens (tertiary/aromatic N) is 1. The van der Waals surface area contributed by atoms with Gasteiger partial charge in [0.2, 0.25) is 0 Å². The van der Waals surface area contributed by atoms with Crippen LogP contribution >= 0.6 is 11.8 Å². The van der Waals surface area contributed by atoms with Gasteiger partial charge < -0.3 is 10.2 Å². The molecule has 19 heavy (non-hydrogen) atoms. The van der Waals surface area contributed by atoms with Gasteiger partial charge in [-0.2, -0.15) is 11.8 Å². The minimum Gasteiger partial charge on any atom is -0.387 e. The Kier molecular flexibility index (Phi) is 6.22. The first-order chi connectivity index (χ1) is 9.04. The van der Waals surface area contributed by atoms with Crippen molar-refractivity contribution < 1.29 is 4.79 Å². The summed E-state index contributed by atoms with van der Waals surface area (Å²) in [6, 6.07) is 6.22. The molecule has 1 atom stereocenters. The first kappa shape index (κ1) is 15.9. The highest BCUT2D eigenvalue weighted by Gasteiger charge is 2.21. The number of thioether (sulfide) groups is 1. The fourth-order valence-corrected chi connectivity index (χ4v) is 2.95. The number of rotatable bonds is 6. The van der Waals surface area contributed by atoms with E-state index in [1.807, 2.05) is 44.1 Å². The van der Waals surface area contributed by atoms with Crippen molar-refractivity contribution in [2.24, 2.45) is 0 Å². The van der Waals surface area contributed by atoms with Gasteiger partial charge >= 0.3 is 0 Å². The summed E-state index contributed by atoms with van der Waals surface area (Å²) >= 11 is 1.78. The Hall–Kier alpha value is -1.16. The summed E-state index contributed by atoms with van der Waals surface area (Å²) in [5.41, 5.74) is 2.75. The van der Waals surface area contributed by atoms with E-state index < -0.39 is 0 Å². The van der Waals surface area contributed by atoms with Crippen LogP contribution in [0.3, 0.4) is 0 Å². The van der Waals surface area contributed by atoms with Crippen molar-refractivity contribution in [2.45, 2.75) is 26.3 Å². The lowest BCUT2D eigenvalue weighted by Gasteiger charge is -2.27. The molecule has 1 aromatic carbocycles. The molecule has 0 bridgehead atoms. The minimum absolute atomic E-state index is 0.0916. The van der Waals surface area contributed by atoms with Crippen molar-refractivity contribution in [3.63, 3.8) is 0 Å². The van der Waals surface area contributed by atoms with Crippen LogP contribution in [0.25, 0.3) is 0 Å². The number of carbonyl (C=O) groups excluding carboxylic acids is 1. The third-order valence-electron chi connectivity index (χ3n) is 3.37. The summed E-state index contributed by atoms with van der Waals surface area (Å²) in [5.74, 6) is 1.06. The molecule has 1 amide bonds. The molecule has 0 radical (unpaired) electrons. The maximum atomic E-state index is 12.6. The quantitative estimate of drug-likeness (QED) is 0.868. The maximum Gasteiger partial charge on any atom is 0.255 e. The summed E-state index contributed by atoms with van der Waals surface area (Å²) < 4.78 is 0. The number of amides is 1. The van der Waals surface area contributed by atoms with E-state index in [1.165, 1.54) is 0 Å². The van der Waals surface area contributed by atoms with Crippen LogP contribution in [0.4, 0.5) is 5.69 Å². The molecule has 0 saturated carbocycles. The van der Waals surface area contributed by atoms with Gasteiger partial charge in [-0.3, -0.25) is 4.79 Å². The molecule has 0 aliphatic carbocycles. The fraction of sp³-hybridized carbons (Fsp3) is 0.533. The molecule has 1 unspecified atom stereocenters. The van der Waals surface area contributed by atoms with Crippen LogP contribution in [-0.4, -0.2) is 43.0 Å². The zero-order valence-electron chi connectivity index (χ0n) is 12.5. The van der Waals surface area contributed by atoms with Crippen LogP contribution < -0.4 is 5.32 Å². The summed E-state index contributed by atoms with van der Waals surface area (Å²) in [6.07, 6.45) is 3.05. The average molecular weight is 280 g/mol. The zero-order valence-corrected chi connectivity index (χ0v) is 13.3. The Morgan fingerprint density at radius 2 is 2.16 bits per heavy atom. The SMILES string of the molecule is CCC(CSC)N(C)C(=O)c1cc(C)ccc1NC. The lowest BCUT2D eigenvalue weighted by molar-refractivity contribution is 0.0744. The second-order valence-electron chi connectivity index (χ2n) is 4.73. The van der Waals surface area contributed by atoms with E-state index in [2.05, 4.69) is 18.5 Å². The second-order valence-corrected chi connectivity index (χ2v) is 5.64. The lowest BCUT2D eigenvalue weighted by Crippen LogP contribution is -2.38. The lowest BCUT2D eigenvalue weighted by atomic mass is 10.1. The number of anilines is 1. The third kappa shape index (κ3) is 3.90. The van der Waals surface area contributed by atoms with Gasteiger partial charge in [-0.15, -0.1) is 0 Å². The molecule has 0 aliphatic rings. The van der Waals surface area contributed by atoms with Gasteiger partial charge in [0.1, 0.15) is 0 Å². The maximum absolute atomic E-state index is 12.6. The predicted octanol–water partition coefficient (Wildman–Crippen LogP) is 3.25. The van der Waals surface area contributed by atoms with Crippen LogP contribution in [0.1, 0.15) is 29.3 Å². The number of benzene rings is 1. The second kappa shape index (κ2) is 7.43. The van der Waals surface area contributed by atoms with Crippen molar-refractivity contribution in [3.8, 4) is 0 Å². The molecule has 0 fully saturated rings. The Labute approximate surface area is 120 Å². The topological polar surface area (TPSA) is 32.3 Å². The monoisotopic (exact) mass is 280 g/mol. The van der Waals surface area contributed by atoms with Gasteiger partial charge in [0, 0.05) is 31.6 Å². The molecular formula is C15H24N2OS. The molecular weight excluding hydrogens is 256 g/mol. The van der Waals surface area contributed by atoms with Crippen LogP contribution in [-0.2, 0) is 0 Å². The third-order valence-corrected chi connectivity index (χ3v) is 4.09. The van der Waals surface area contributed by atoms with E-state index >= 15 is 0 Å². The highest BCUT2D eigenvalue weighted by molar-refractivity contribution is 7.98. The standard InChI is InChI=1S/C15H24N2OS/c1-6-12(10-19-5)17(4)15(18)13-9-11(2)7-8-14(13)16-3/h7-9,12,16H,6,10H2,1-5H3. The van der Waals surface area contributed by atoms with Crippen LogP contribution in [0.5, 0.6) is 0 Å². The highest BCUT2D eigenvalue weighted by Crippen LogP contribution is 2.20. The van der Waals surface area contributed by atoms with Gasteiger partial charge in [-0.1, -0.05) is 18.6 Å². The number of aryl methyl sites for hydroxylation is 1. The van der Waals surface area contributed by atoms with Gasteiger partial charge in [0.15, 0.2) is 0 Å². The summed E-state index contributed by atoms with van der Waals surface area (Å²) in [6.45, 7) is 4.13. The van der Waals surface area contributed by atoms with Gasteiger partial charge in [0.05, 0.1) is 5.56 Å². The molecule has 106 valence electrons. The largest absolute Gasteiger partial charge is 0.387 e. The van der Waals surface area contributed by atoms with E-state index in [4.69, 9.17) is 0 Å². The molecule has 4 heteroatoms. The Balaban J connectivity index is 3.01. The summed E-state index contributed by atoms with van der Waals surface area (Å²) in [4.78, 5) is 14.5. The average Bonchev–Trinajstić information content (AvgIpc) is 2.43. The number of hydrogen-bond acceptors (Lipinski definition) is 3. The van der Waals surface area contributed by atoms with E-state index in [-0.39, 0.29) is 11.9 Å². The zero-order chi connectivity index (χ0) is 14.4. The number of nitrogens with one attached hydrogen (secondary N) is 1. The van der Waals surface area contributed by atoms with Crippen molar-refractivity contribution >= 4 is 23.4 Å². The smallest absolute Gasteiger partial charge is 0.255 e. The first-order valence-electron chi connectivity index (χ1n) is 6.59. The first-order valence-corrected chi connectivity index (χ1v) is 7.99. The van der Waals surface area contributed by atoms with Gasteiger partial charge in [-0.05, 0) is 31.7 Å². The van der Waals surface area contributed by atoms with Gasteiger partial charge in [0.25, 0.3) is 5.91 Å². The molecule has 1 rings (SSSR count). The summed E-state index contributed by atoms with van der Waals surface area (Å²) in [5, 5.41) is 3.09. The molecule has 0 aliphatic heterocycles. The van der Waals surface area contributed by atoms with E-state index in [0.717, 1.165) is 29.0 Å². The molecule has 1 N–H and O–H groups in total. The van der Waals surface area contributed by atoms with Crippen LogP contribution in [0.2, 0.25) is 0 Å². The molecule has 3 nitrogen and oxygen atoms in total. The normalized spacial score (nSPS) is 12.1. The minimum atomic E-state index is 0.0916. The number of hydrogen-bond donors (Lipinski definition) is 1. The molecule has 0 heterocycles. The van der Waals surface area contributed by atoms with E-state index in [0.29, 0.717) is 0 Å². The Morgan fingerprint density at radius 1 is 1.47 bits per heavy atom. The molecule has 1 aromatic rings. The van der Waals surface area contributed by atoms with Crippen molar-refractivity contribution in [3.05, 3.63) is 29.3 Å². The Morgan fingerprint density at radius 3 is 2.68 bits per heavy atom. The molecule has 0 aromatic heterocycles. The molecule has 0 saturated heterocycles. The van der Waals surface area contributed by atoms with Crippen molar-refractivity contribution in [1.82, 2.24) is 4.90 Å². The van der Waals surface area contributed by atoms with Crippen molar-refractivity contribution in [2.75, 3.05) is 31.4 Å². The van der Waals surface area contributed by atoms with E-state index in [9.17, 15) is 4.79 Å².